The monoisotopic (exact) mass is 415 g/mol. The van der Waals surface area contributed by atoms with Crippen molar-refractivity contribution in [2.24, 2.45) is 5.92 Å². The maximum atomic E-state index is 12.1. The third kappa shape index (κ3) is 3.45. The normalized spacial score (nSPS) is 19.8. The van der Waals surface area contributed by atoms with E-state index in [9.17, 15) is 9.90 Å². The molecule has 0 aromatic heterocycles. The van der Waals surface area contributed by atoms with Crippen molar-refractivity contribution in [3.05, 3.63) is 82.4 Å². The van der Waals surface area contributed by atoms with E-state index in [4.69, 9.17) is 0 Å². The second-order valence-electron chi connectivity index (χ2n) is 10.1. The number of nitrogens with one attached hydrogen (secondary N) is 1. The summed E-state index contributed by atoms with van der Waals surface area (Å²) in [5.41, 5.74) is 5.35. The molecule has 0 aliphatic heterocycles. The number of rotatable bonds is 4. The molecule has 1 aliphatic rings. The minimum Gasteiger partial charge on any atom is -0.384 e. The molecule has 4 rings (SSSR count). The van der Waals surface area contributed by atoms with Gasteiger partial charge in [0.15, 0.2) is 0 Å². The van der Waals surface area contributed by atoms with Crippen molar-refractivity contribution >= 4 is 16.7 Å². The summed E-state index contributed by atoms with van der Waals surface area (Å²) < 4.78 is 0. The van der Waals surface area contributed by atoms with Crippen molar-refractivity contribution in [3.8, 4) is 0 Å². The van der Waals surface area contributed by atoms with Gasteiger partial charge in [0.2, 0.25) is 0 Å². The van der Waals surface area contributed by atoms with E-state index < -0.39 is 6.10 Å². The van der Waals surface area contributed by atoms with Gasteiger partial charge in [0, 0.05) is 12.1 Å². The molecule has 31 heavy (non-hydrogen) atoms. The van der Waals surface area contributed by atoms with Gasteiger partial charge in [0.05, 0.1) is 0 Å². The quantitative estimate of drug-likeness (QED) is 0.559. The van der Waals surface area contributed by atoms with Crippen LogP contribution in [0.25, 0.3) is 10.8 Å². The van der Waals surface area contributed by atoms with E-state index in [-0.39, 0.29) is 16.7 Å². The number of aliphatic hydroxyl groups excluding tert-OH is 1. The van der Waals surface area contributed by atoms with Crippen molar-refractivity contribution in [2.45, 2.75) is 58.5 Å². The molecule has 2 unspecified atom stereocenters. The zero-order chi connectivity index (χ0) is 22.6. The highest BCUT2D eigenvalue weighted by Gasteiger charge is 2.48. The fourth-order valence-electron chi connectivity index (χ4n) is 5.23. The third-order valence-corrected chi connectivity index (χ3v) is 7.69. The van der Waals surface area contributed by atoms with Crippen LogP contribution in [0.2, 0.25) is 0 Å². The van der Waals surface area contributed by atoms with Crippen molar-refractivity contribution in [2.75, 3.05) is 6.54 Å². The number of hydrogen-bond acceptors (Lipinski definition) is 2. The van der Waals surface area contributed by atoms with Gasteiger partial charge in [-0.15, -0.1) is 0 Å². The standard InChI is InChI=1S/C28H33NO2/c1-7-29-26(31)22-11-9-18-14-20(10-8-19(18)15-22)25(30)21-12-13-23-24(16-21)28(5,6)17(2)27(23,3)4/h8-17,25,30H,7H2,1-6H3,(H,29,31). The summed E-state index contributed by atoms with van der Waals surface area (Å²) in [5.74, 6) is 0.452. The van der Waals surface area contributed by atoms with E-state index >= 15 is 0 Å². The van der Waals surface area contributed by atoms with Crippen LogP contribution < -0.4 is 5.32 Å². The lowest BCUT2D eigenvalue weighted by Crippen LogP contribution is -2.30. The Morgan fingerprint density at radius 1 is 0.903 bits per heavy atom. The van der Waals surface area contributed by atoms with Crippen LogP contribution in [-0.2, 0) is 10.8 Å². The summed E-state index contributed by atoms with van der Waals surface area (Å²) in [6, 6.07) is 18.1. The van der Waals surface area contributed by atoms with Crippen LogP contribution in [0, 0.1) is 5.92 Å². The van der Waals surface area contributed by atoms with Crippen LogP contribution in [0.3, 0.4) is 0 Å². The van der Waals surface area contributed by atoms with Crippen molar-refractivity contribution in [1.29, 1.82) is 0 Å². The molecule has 0 radical (unpaired) electrons. The zero-order valence-corrected chi connectivity index (χ0v) is 19.4. The van der Waals surface area contributed by atoms with Crippen LogP contribution in [0.4, 0.5) is 0 Å². The predicted molar refractivity (Wildman–Crippen MR) is 128 cm³/mol. The predicted octanol–water partition coefficient (Wildman–Crippen LogP) is 5.88. The second-order valence-corrected chi connectivity index (χ2v) is 10.1. The Kier molecular flexibility index (Phi) is 5.21. The fraction of sp³-hybridized carbons (Fsp3) is 0.393. The van der Waals surface area contributed by atoms with E-state index in [0.29, 0.717) is 18.0 Å². The summed E-state index contributed by atoms with van der Waals surface area (Å²) in [5, 5.41) is 16.0. The molecule has 0 saturated carbocycles. The molecule has 3 heteroatoms. The molecule has 1 amide bonds. The van der Waals surface area contributed by atoms with E-state index in [1.54, 1.807) is 0 Å². The molecule has 0 fully saturated rings. The van der Waals surface area contributed by atoms with Gasteiger partial charge in [-0.2, -0.15) is 0 Å². The Balaban J connectivity index is 1.69. The minimum absolute atomic E-state index is 0.0629. The molecule has 162 valence electrons. The highest BCUT2D eigenvalue weighted by Crippen LogP contribution is 2.54. The summed E-state index contributed by atoms with van der Waals surface area (Å²) in [6.45, 7) is 14.1. The maximum Gasteiger partial charge on any atom is 0.251 e. The zero-order valence-electron chi connectivity index (χ0n) is 19.4. The van der Waals surface area contributed by atoms with Crippen LogP contribution in [-0.4, -0.2) is 17.6 Å². The average Bonchev–Trinajstić information content (AvgIpc) is 2.89. The SMILES string of the molecule is CCNC(=O)c1ccc2cc(C(O)c3ccc4c(c3)C(C)(C)C(C)C4(C)C)ccc2c1. The first-order valence-electron chi connectivity index (χ1n) is 11.2. The molecule has 0 saturated heterocycles. The van der Waals surface area contributed by atoms with Gasteiger partial charge in [0.25, 0.3) is 5.91 Å². The Morgan fingerprint density at radius 3 is 2.19 bits per heavy atom. The molecule has 1 aliphatic carbocycles. The molecular weight excluding hydrogens is 382 g/mol. The first-order chi connectivity index (χ1) is 14.6. The highest BCUT2D eigenvalue weighted by atomic mass is 16.3. The van der Waals surface area contributed by atoms with Crippen LogP contribution in [0.1, 0.15) is 80.3 Å². The third-order valence-electron chi connectivity index (χ3n) is 7.69. The first kappa shape index (κ1) is 21.6. The van der Waals surface area contributed by atoms with Crippen LogP contribution in [0.5, 0.6) is 0 Å². The van der Waals surface area contributed by atoms with E-state index in [2.05, 4.69) is 58.1 Å². The van der Waals surface area contributed by atoms with Gasteiger partial charge >= 0.3 is 0 Å². The van der Waals surface area contributed by atoms with Crippen molar-refractivity contribution in [1.82, 2.24) is 5.32 Å². The Morgan fingerprint density at radius 2 is 1.48 bits per heavy atom. The highest BCUT2D eigenvalue weighted by molar-refractivity contribution is 5.98. The number of carbonyl (C=O) groups excluding carboxylic acids is 1. The topological polar surface area (TPSA) is 49.3 Å². The van der Waals surface area contributed by atoms with E-state index in [1.807, 2.05) is 43.3 Å². The number of amides is 1. The van der Waals surface area contributed by atoms with Gasteiger partial charge < -0.3 is 10.4 Å². The lowest BCUT2D eigenvalue weighted by molar-refractivity contribution is 0.0956. The maximum absolute atomic E-state index is 12.1. The Bertz CT molecular complexity index is 1160. The number of carbonyl (C=O) groups is 1. The smallest absolute Gasteiger partial charge is 0.251 e. The molecule has 0 heterocycles. The van der Waals surface area contributed by atoms with E-state index in [1.165, 1.54) is 11.1 Å². The van der Waals surface area contributed by atoms with E-state index in [0.717, 1.165) is 21.9 Å². The number of benzene rings is 3. The molecular formula is C28H33NO2. The summed E-state index contributed by atoms with van der Waals surface area (Å²) in [7, 11) is 0. The van der Waals surface area contributed by atoms with Gasteiger partial charge in [-0.05, 0) is 74.9 Å². The number of fused-ring (bicyclic) bond motifs is 2. The first-order valence-corrected chi connectivity index (χ1v) is 11.2. The van der Waals surface area contributed by atoms with Gasteiger partial charge in [-0.1, -0.05) is 71.0 Å². The van der Waals surface area contributed by atoms with Crippen LogP contribution in [0.15, 0.2) is 54.6 Å². The molecule has 3 aromatic carbocycles. The average molecular weight is 416 g/mol. The summed E-state index contributed by atoms with van der Waals surface area (Å²) >= 11 is 0. The lowest BCUT2D eigenvalue weighted by Gasteiger charge is -2.32. The second kappa shape index (κ2) is 7.49. The Hall–Kier alpha value is -2.65. The largest absolute Gasteiger partial charge is 0.384 e. The van der Waals surface area contributed by atoms with Gasteiger partial charge in [0.1, 0.15) is 6.10 Å². The lowest BCUT2D eigenvalue weighted by atomic mass is 9.71. The van der Waals surface area contributed by atoms with Crippen LogP contribution >= 0.6 is 0 Å². The fourth-order valence-corrected chi connectivity index (χ4v) is 5.23. The molecule has 3 nitrogen and oxygen atoms in total. The molecule has 2 N–H and O–H groups in total. The molecule has 2 atom stereocenters. The van der Waals surface area contributed by atoms with Gasteiger partial charge in [-0.3, -0.25) is 4.79 Å². The minimum atomic E-state index is -0.687. The van der Waals surface area contributed by atoms with Crippen molar-refractivity contribution < 1.29 is 9.90 Å². The van der Waals surface area contributed by atoms with Gasteiger partial charge in [-0.25, -0.2) is 0 Å². The van der Waals surface area contributed by atoms with Crippen molar-refractivity contribution in [3.63, 3.8) is 0 Å². The summed E-state index contributed by atoms with van der Waals surface area (Å²) in [6.07, 6.45) is -0.687. The number of aliphatic hydroxyl groups is 1. The molecule has 0 bridgehead atoms. The molecule has 3 aromatic rings. The number of hydrogen-bond donors (Lipinski definition) is 2. The Labute approximate surface area is 185 Å². The molecule has 0 spiro atoms. The summed E-state index contributed by atoms with van der Waals surface area (Å²) in [4.78, 5) is 12.1.